The lowest BCUT2D eigenvalue weighted by Gasteiger charge is -2.12. The number of carbonyl (C=O) groups is 2. The third-order valence-electron chi connectivity index (χ3n) is 2.21. The maximum atomic E-state index is 11.4. The third kappa shape index (κ3) is 4.40. The lowest BCUT2D eigenvalue weighted by Crippen LogP contribution is -2.46. The number of aliphatic carboxylic acids is 1. The van der Waals surface area contributed by atoms with Crippen LogP contribution in [0.15, 0.2) is 4.52 Å². The van der Waals surface area contributed by atoms with Gasteiger partial charge in [-0.2, -0.15) is 4.98 Å². The van der Waals surface area contributed by atoms with E-state index in [1.54, 1.807) is 13.8 Å². The van der Waals surface area contributed by atoms with Gasteiger partial charge in [0, 0.05) is 13.0 Å². The minimum absolute atomic E-state index is 0.295. The molecule has 2 amide bonds. The van der Waals surface area contributed by atoms with E-state index in [2.05, 4.69) is 20.8 Å². The smallest absolute Gasteiger partial charge is 0.326 e. The molecule has 0 aliphatic rings. The quantitative estimate of drug-likeness (QED) is 0.663. The average molecular weight is 256 g/mol. The molecule has 3 N–H and O–H groups in total. The fourth-order valence-electron chi connectivity index (χ4n) is 1.27. The van der Waals surface area contributed by atoms with Crippen molar-refractivity contribution in [2.75, 3.05) is 6.54 Å². The van der Waals surface area contributed by atoms with Crippen LogP contribution in [0.3, 0.4) is 0 Å². The highest BCUT2D eigenvalue weighted by Gasteiger charge is 2.17. The number of carboxylic acids is 1. The van der Waals surface area contributed by atoms with Crippen molar-refractivity contribution in [1.29, 1.82) is 0 Å². The highest BCUT2D eigenvalue weighted by atomic mass is 16.5. The monoisotopic (exact) mass is 256 g/mol. The topological polar surface area (TPSA) is 117 Å². The molecule has 1 aromatic heterocycles. The summed E-state index contributed by atoms with van der Waals surface area (Å²) < 4.78 is 4.86. The van der Waals surface area contributed by atoms with E-state index in [0.717, 1.165) is 0 Å². The molecule has 8 nitrogen and oxygen atoms in total. The summed E-state index contributed by atoms with van der Waals surface area (Å²) in [6, 6.07) is -1.41. The van der Waals surface area contributed by atoms with Crippen molar-refractivity contribution in [1.82, 2.24) is 20.8 Å². The Balaban J connectivity index is 2.26. The largest absolute Gasteiger partial charge is 0.480 e. The van der Waals surface area contributed by atoms with Crippen molar-refractivity contribution < 1.29 is 19.2 Å². The molecule has 1 heterocycles. The molecule has 0 unspecified atom stereocenters. The van der Waals surface area contributed by atoms with Gasteiger partial charge in [0.2, 0.25) is 5.89 Å². The Morgan fingerprint density at radius 1 is 1.50 bits per heavy atom. The molecule has 0 radical (unpaired) electrons. The van der Waals surface area contributed by atoms with Crippen molar-refractivity contribution in [3.8, 4) is 0 Å². The molecule has 0 spiro atoms. The number of hydrogen-bond acceptors (Lipinski definition) is 5. The van der Waals surface area contributed by atoms with Gasteiger partial charge >= 0.3 is 12.0 Å². The molecule has 8 heteroatoms. The molecule has 1 rings (SSSR count). The number of aryl methyl sites for hydroxylation is 1. The minimum atomic E-state index is -1.06. The summed E-state index contributed by atoms with van der Waals surface area (Å²) in [5.74, 6) is -0.0929. The summed E-state index contributed by atoms with van der Waals surface area (Å²) in [5, 5.41) is 17.2. The SMILES string of the molecule is CC[C@H](NC(=O)NCCc1nc(C)no1)C(=O)O. The molecule has 0 aliphatic carbocycles. The van der Waals surface area contributed by atoms with Crippen molar-refractivity contribution in [2.45, 2.75) is 32.7 Å². The van der Waals surface area contributed by atoms with E-state index >= 15 is 0 Å². The second kappa shape index (κ2) is 6.58. The maximum Gasteiger partial charge on any atom is 0.326 e. The summed E-state index contributed by atoms with van der Waals surface area (Å²) in [7, 11) is 0. The minimum Gasteiger partial charge on any atom is -0.480 e. The van der Waals surface area contributed by atoms with Gasteiger partial charge in [0.05, 0.1) is 0 Å². The van der Waals surface area contributed by atoms with Crippen molar-refractivity contribution in [3.63, 3.8) is 0 Å². The predicted molar refractivity (Wildman–Crippen MR) is 61.0 cm³/mol. The molecule has 1 aromatic rings. The van der Waals surface area contributed by atoms with Crippen LogP contribution in [0.5, 0.6) is 0 Å². The highest BCUT2D eigenvalue weighted by Crippen LogP contribution is 1.95. The van der Waals surface area contributed by atoms with Gasteiger partial charge in [-0.25, -0.2) is 9.59 Å². The number of carboxylic acid groups (broad SMARTS) is 1. The molecule has 0 fully saturated rings. The zero-order valence-electron chi connectivity index (χ0n) is 10.3. The van der Waals surface area contributed by atoms with Crippen molar-refractivity contribution in [2.24, 2.45) is 0 Å². The van der Waals surface area contributed by atoms with E-state index in [9.17, 15) is 9.59 Å². The standard InChI is InChI=1S/C10H16N4O4/c1-3-7(9(15)16)13-10(17)11-5-4-8-12-6(2)14-18-8/h7H,3-5H2,1-2H3,(H,15,16)(H2,11,13,17)/t7-/m0/s1. The summed E-state index contributed by atoms with van der Waals surface area (Å²) in [4.78, 5) is 26.0. The number of urea groups is 1. The van der Waals surface area contributed by atoms with Crippen LogP contribution in [0, 0.1) is 6.92 Å². The number of carbonyl (C=O) groups excluding carboxylic acids is 1. The first-order valence-electron chi connectivity index (χ1n) is 5.59. The van der Waals surface area contributed by atoms with Gasteiger partial charge in [0.15, 0.2) is 5.82 Å². The number of nitrogens with one attached hydrogen (secondary N) is 2. The first-order chi connectivity index (χ1) is 8.52. The summed E-state index contributed by atoms with van der Waals surface area (Å²) in [6.45, 7) is 3.68. The third-order valence-corrected chi connectivity index (χ3v) is 2.21. The molecule has 0 aliphatic heterocycles. The maximum absolute atomic E-state index is 11.4. The van der Waals surface area contributed by atoms with E-state index in [1.165, 1.54) is 0 Å². The fourth-order valence-corrected chi connectivity index (χ4v) is 1.27. The second-order valence-corrected chi connectivity index (χ2v) is 3.68. The number of hydrogen-bond donors (Lipinski definition) is 3. The van der Waals surface area contributed by atoms with Crippen LogP contribution in [-0.4, -0.2) is 39.8 Å². The van der Waals surface area contributed by atoms with Gasteiger partial charge < -0.3 is 20.3 Å². The first-order valence-corrected chi connectivity index (χ1v) is 5.59. The van der Waals surface area contributed by atoms with Gasteiger partial charge in [-0.05, 0) is 13.3 Å². The zero-order valence-corrected chi connectivity index (χ0v) is 10.3. The number of nitrogens with zero attached hydrogens (tertiary/aromatic N) is 2. The molecule has 0 aromatic carbocycles. The van der Waals surface area contributed by atoms with Crippen LogP contribution in [-0.2, 0) is 11.2 Å². The van der Waals surface area contributed by atoms with Crippen LogP contribution in [0.2, 0.25) is 0 Å². The van der Waals surface area contributed by atoms with Crippen LogP contribution in [0.4, 0.5) is 4.79 Å². The van der Waals surface area contributed by atoms with Crippen molar-refractivity contribution >= 4 is 12.0 Å². The Morgan fingerprint density at radius 2 is 2.22 bits per heavy atom. The van der Waals surface area contributed by atoms with Gasteiger partial charge in [0.25, 0.3) is 0 Å². The van der Waals surface area contributed by atoms with Gasteiger partial charge in [0.1, 0.15) is 6.04 Å². The summed E-state index contributed by atoms with van der Waals surface area (Å²) in [5.41, 5.74) is 0. The Bertz CT molecular complexity index is 418. The number of rotatable bonds is 6. The number of aromatic nitrogens is 2. The lowest BCUT2D eigenvalue weighted by atomic mass is 10.2. The average Bonchev–Trinajstić information content (AvgIpc) is 2.71. The predicted octanol–water partition coefficient (Wildman–Crippen LogP) is 0.0829. The Labute approximate surface area is 104 Å². The molecule has 1 atom stereocenters. The van der Waals surface area contributed by atoms with E-state index in [1.807, 2.05) is 0 Å². The Kier molecular flexibility index (Phi) is 5.09. The van der Waals surface area contributed by atoms with Crippen LogP contribution in [0.1, 0.15) is 25.1 Å². The second-order valence-electron chi connectivity index (χ2n) is 3.68. The van der Waals surface area contributed by atoms with Gasteiger partial charge in [-0.15, -0.1) is 0 Å². The van der Waals surface area contributed by atoms with E-state index in [-0.39, 0.29) is 0 Å². The molecule has 18 heavy (non-hydrogen) atoms. The lowest BCUT2D eigenvalue weighted by molar-refractivity contribution is -0.139. The summed E-state index contributed by atoms with van der Waals surface area (Å²) >= 11 is 0. The molecule has 0 bridgehead atoms. The number of amides is 2. The van der Waals surface area contributed by atoms with E-state index in [0.29, 0.717) is 31.1 Å². The van der Waals surface area contributed by atoms with Gasteiger partial charge in [-0.1, -0.05) is 12.1 Å². The molecular formula is C10H16N4O4. The molecule has 0 saturated carbocycles. The van der Waals surface area contributed by atoms with Crippen LogP contribution in [0.25, 0.3) is 0 Å². The fraction of sp³-hybridized carbons (Fsp3) is 0.600. The Hall–Kier alpha value is -2.12. The zero-order chi connectivity index (χ0) is 13.5. The Morgan fingerprint density at radius 3 is 2.72 bits per heavy atom. The van der Waals surface area contributed by atoms with Gasteiger partial charge in [-0.3, -0.25) is 0 Å². The van der Waals surface area contributed by atoms with E-state index < -0.39 is 18.0 Å². The summed E-state index contributed by atoms with van der Waals surface area (Å²) in [6.07, 6.45) is 0.726. The van der Waals surface area contributed by atoms with Crippen molar-refractivity contribution in [3.05, 3.63) is 11.7 Å². The normalized spacial score (nSPS) is 11.9. The van der Waals surface area contributed by atoms with E-state index in [4.69, 9.17) is 9.63 Å². The van der Waals surface area contributed by atoms with Crippen LogP contribution < -0.4 is 10.6 Å². The first kappa shape index (κ1) is 13.9. The molecule has 0 saturated heterocycles. The highest BCUT2D eigenvalue weighted by molar-refractivity contribution is 5.82. The van der Waals surface area contributed by atoms with Crippen LogP contribution >= 0.6 is 0 Å². The molecule has 100 valence electrons. The molecular weight excluding hydrogens is 240 g/mol.